The highest BCUT2D eigenvalue weighted by Gasteiger charge is 2.19. The van der Waals surface area contributed by atoms with E-state index >= 15 is 0 Å². The SMILES string of the molecule is Cc1ccccc1CC(=O)N(C)C(C)c1ccco1. The molecule has 1 heterocycles. The van der Waals surface area contributed by atoms with Gasteiger partial charge in [0.25, 0.3) is 0 Å². The summed E-state index contributed by atoms with van der Waals surface area (Å²) in [7, 11) is 1.81. The van der Waals surface area contributed by atoms with Gasteiger partial charge in [0.2, 0.25) is 5.91 Å². The van der Waals surface area contributed by atoms with Crippen molar-refractivity contribution in [1.82, 2.24) is 4.90 Å². The van der Waals surface area contributed by atoms with Crippen LogP contribution in [0.1, 0.15) is 29.9 Å². The maximum atomic E-state index is 12.3. The molecule has 2 aromatic rings. The van der Waals surface area contributed by atoms with Crippen LogP contribution in [0.2, 0.25) is 0 Å². The van der Waals surface area contributed by atoms with Crippen LogP contribution in [0.15, 0.2) is 47.1 Å². The number of amides is 1. The molecular weight excluding hydrogens is 238 g/mol. The standard InChI is InChI=1S/C16H19NO2/c1-12-7-4-5-8-14(12)11-16(18)17(3)13(2)15-9-6-10-19-15/h4-10,13H,11H2,1-3H3. The van der Waals surface area contributed by atoms with Crippen molar-refractivity contribution >= 4 is 5.91 Å². The highest BCUT2D eigenvalue weighted by atomic mass is 16.3. The number of benzene rings is 1. The van der Waals surface area contributed by atoms with Gasteiger partial charge in [-0.3, -0.25) is 4.79 Å². The predicted molar refractivity (Wildman–Crippen MR) is 74.8 cm³/mol. The van der Waals surface area contributed by atoms with Gasteiger partial charge < -0.3 is 9.32 Å². The number of carbonyl (C=O) groups excluding carboxylic acids is 1. The van der Waals surface area contributed by atoms with E-state index in [9.17, 15) is 4.79 Å². The van der Waals surface area contributed by atoms with Crippen LogP contribution in [-0.4, -0.2) is 17.9 Å². The van der Waals surface area contributed by atoms with E-state index < -0.39 is 0 Å². The molecule has 0 aliphatic carbocycles. The van der Waals surface area contributed by atoms with Crippen LogP contribution < -0.4 is 0 Å². The molecule has 0 saturated carbocycles. The monoisotopic (exact) mass is 257 g/mol. The Hall–Kier alpha value is -2.03. The fourth-order valence-corrected chi connectivity index (χ4v) is 2.03. The summed E-state index contributed by atoms with van der Waals surface area (Å²) in [5, 5.41) is 0. The van der Waals surface area contributed by atoms with Crippen molar-refractivity contribution in [2.45, 2.75) is 26.3 Å². The molecule has 0 radical (unpaired) electrons. The first-order valence-corrected chi connectivity index (χ1v) is 6.43. The summed E-state index contributed by atoms with van der Waals surface area (Å²) in [5.41, 5.74) is 2.22. The molecule has 100 valence electrons. The highest BCUT2D eigenvalue weighted by Crippen LogP contribution is 2.20. The van der Waals surface area contributed by atoms with E-state index in [2.05, 4.69) is 0 Å². The van der Waals surface area contributed by atoms with Crippen molar-refractivity contribution in [2.24, 2.45) is 0 Å². The van der Waals surface area contributed by atoms with E-state index in [4.69, 9.17) is 4.42 Å². The van der Waals surface area contributed by atoms with Crippen LogP contribution in [0.4, 0.5) is 0 Å². The molecule has 1 atom stereocenters. The van der Waals surface area contributed by atoms with Gasteiger partial charge in [0, 0.05) is 7.05 Å². The minimum Gasteiger partial charge on any atom is -0.467 e. The third-order valence-corrected chi connectivity index (χ3v) is 3.53. The molecule has 3 heteroatoms. The van der Waals surface area contributed by atoms with Crippen molar-refractivity contribution in [2.75, 3.05) is 7.05 Å². The van der Waals surface area contributed by atoms with Gasteiger partial charge in [0.05, 0.1) is 18.7 Å². The quantitative estimate of drug-likeness (QED) is 0.841. The number of hydrogen-bond donors (Lipinski definition) is 0. The number of rotatable bonds is 4. The summed E-state index contributed by atoms with van der Waals surface area (Å²) in [6.07, 6.45) is 2.06. The number of nitrogens with zero attached hydrogens (tertiary/aromatic N) is 1. The molecule has 0 aliphatic rings. The Morgan fingerprint density at radius 1 is 1.26 bits per heavy atom. The Balaban J connectivity index is 2.06. The molecule has 0 saturated heterocycles. The second-order valence-electron chi connectivity index (χ2n) is 4.80. The molecule has 3 nitrogen and oxygen atoms in total. The van der Waals surface area contributed by atoms with Crippen LogP contribution in [-0.2, 0) is 11.2 Å². The lowest BCUT2D eigenvalue weighted by Gasteiger charge is -2.23. The van der Waals surface area contributed by atoms with E-state index in [1.54, 1.807) is 11.2 Å². The molecular formula is C16H19NO2. The van der Waals surface area contributed by atoms with Crippen molar-refractivity contribution in [3.8, 4) is 0 Å². The third kappa shape index (κ3) is 3.05. The average Bonchev–Trinajstić information content (AvgIpc) is 2.93. The van der Waals surface area contributed by atoms with Crippen LogP contribution in [0.25, 0.3) is 0 Å². The lowest BCUT2D eigenvalue weighted by Crippen LogP contribution is -2.30. The number of hydrogen-bond acceptors (Lipinski definition) is 2. The summed E-state index contributed by atoms with van der Waals surface area (Å²) in [6, 6.07) is 11.7. The van der Waals surface area contributed by atoms with Gasteiger partial charge in [-0.1, -0.05) is 24.3 Å². The van der Waals surface area contributed by atoms with Crippen LogP contribution in [0.5, 0.6) is 0 Å². The van der Waals surface area contributed by atoms with E-state index in [1.807, 2.05) is 57.3 Å². The van der Waals surface area contributed by atoms with Crippen molar-refractivity contribution in [3.05, 3.63) is 59.5 Å². The Kier molecular flexibility index (Phi) is 4.05. The fraction of sp³-hybridized carbons (Fsp3) is 0.312. The Bertz CT molecular complexity index is 546. The van der Waals surface area contributed by atoms with E-state index in [-0.39, 0.29) is 11.9 Å². The first kappa shape index (κ1) is 13.4. The normalized spacial score (nSPS) is 12.2. The molecule has 0 N–H and O–H groups in total. The first-order chi connectivity index (χ1) is 9.09. The fourth-order valence-electron chi connectivity index (χ4n) is 2.03. The number of likely N-dealkylation sites (N-methyl/N-ethyl adjacent to an activating group) is 1. The lowest BCUT2D eigenvalue weighted by molar-refractivity contribution is -0.131. The van der Waals surface area contributed by atoms with Crippen molar-refractivity contribution in [1.29, 1.82) is 0 Å². The molecule has 0 aliphatic heterocycles. The highest BCUT2D eigenvalue weighted by molar-refractivity contribution is 5.79. The molecule has 1 aromatic carbocycles. The first-order valence-electron chi connectivity index (χ1n) is 6.43. The molecule has 2 rings (SSSR count). The minimum absolute atomic E-state index is 0.0495. The molecule has 1 aromatic heterocycles. The smallest absolute Gasteiger partial charge is 0.227 e. The van der Waals surface area contributed by atoms with E-state index in [0.29, 0.717) is 6.42 Å². The van der Waals surface area contributed by atoms with E-state index in [0.717, 1.165) is 16.9 Å². The molecule has 0 bridgehead atoms. The summed E-state index contributed by atoms with van der Waals surface area (Å²) in [5.74, 6) is 0.902. The maximum Gasteiger partial charge on any atom is 0.227 e. The lowest BCUT2D eigenvalue weighted by atomic mass is 10.0. The molecule has 0 spiro atoms. The van der Waals surface area contributed by atoms with Gasteiger partial charge in [-0.15, -0.1) is 0 Å². The summed E-state index contributed by atoms with van der Waals surface area (Å²) in [4.78, 5) is 14.0. The molecule has 1 amide bonds. The second kappa shape index (κ2) is 5.74. The third-order valence-electron chi connectivity index (χ3n) is 3.53. The zero-order valence-electron chi connectivity index (χ0n) is 11.6. The summed E-state index contributed by atoms with van der Waals surface area (Å²) >= 11 is 0. The zero-order valence-corrected chi connectivity index (χ0v) is 11.6. The Labute approximate surface area is 113 Å². The van der Waals surface area contributed by atoms with Gasteiger partial charge >= 0.3 is 0 Å². The Morgan fingerprint density at radius 2 is 2.00 bits per heavy atom. The Morgan fingerprint density at radius 3 is 2.63 bits per heavy atom. The average molecular weight is 257 g/mol. The maximum absolute atomic E-state index is 12.3. The number of furan rings is 1. The number of aryl methyl sites for hydroxylation is 1. The van der Waals surface area contributed by atoms with Gasteiger partial charge in [-0.05, 0) is 37.1 Å². The summed E-state index contributed by atoms with van der Waals surface area (Å²) in [6.45, 7) is 3.99. The van der Waals surface area contributed by atoms with Gasteiger partial charge in [0.1, 0.15) is 5.76 Å². The second-order valence-corrected chi connectivity index (χ2v) is 4.80. The van der Waals surface area contributed by atoms with E-state index in [1.165, 1.54) is 0 Å². The van der Waals surface area contributed by atoms with Gasteiger partial charge in [-0.25, -0.2) is 0 Å². The van der Waals surface area contributed by atoms with Crippen LogP contribution in [0.3, 0.4) is 0 Å². The topological polar surface area (TPSA) is 33.5 Å². The summed E-state index contributed by atoms with van der Waals surface area (Å²) < 4.78 is 5.35. The molecule has 19 heavy (non-hydrogen) atoms. The zero-order chi connectivity index (χ0) is 13.8. The van der Waals surface area contributed by atoms with Crippen molar-refractivity contribution in [3.63, 3.8) is 0 Å². The molecule has 1 unspecified atom stereocenters. The van der Waals surface area contributed by atoms with Gasteiger partial charge in [0.15, 0.2) is 0 Å². The minimum atomic E-state index is -0.0495. The predicted octanol–water partition coefficient (Wildman–Crippen LogP) is 3.35. The largest absolute Gasteiger partial charge is 0.467 e. The molecule has 0 fully saturated rings. The van der Waals surface area contributed by atoms with Crippen LogP contribution >= 0.6 is 0 Å². The van der Waals surface area contributed by atoms with Crippen LogP contribution in [0, 0.1) is 6.92 Å². The number of carbonyl (C=O) groups is 1. The van der Waals surface area contributed by atoms with Gasteiger partial charge in [-0.2, -0.15) is 0 Å². The van der Waals surface area contributed by atoms with Crippen molar-refractivity contribution < 1.29 is 9.21 Å².